The molecular weight excluding hydrogens is 372 g/mol. The van der Waals surface area contributed by atoms with Gasteiger partial charge in [0.25, 0.3) is 0 Å². The van der Waals surface area contributed by atoms with Crippen molar-refractivity contribution in [3.05, 3.63) is 83.7 Å². The van der Waals surface area contributed by atoms with Crippen molar-refractivity contribution in [2.24, 2.45) is 0 Å². The van der Waals surface area contributed by atoms with E-state index in [4.69, 9.17) is 4.42 Å². The normalized spacial score (nSPS) is 12.1. The van der Waals surface area contributed by atoms with Gasteiger partial charge in [-0.15, -0.1) is 0 Å². The van der Waals surface area contributed by atoms with Crippen LogP contribution in [-0.2, 0) is 13.0 Å². The van der Waals surface area contributed by atoms with Crippen LogP contribution in [0.15, 0.2) is 71.3 Å². The van der Waals surface area contributed by atoms with E-state index in [2.05, 4.69) is 34.7 Å². The number of hydrogen-bond acceptors (Lipinski definition) is 3. The maximum Gasteiger partial charge on any atom is 0.134 e. The molecule has 0 spiro atoms. The number of hydrogen-bond donors (Lipinski definition) is 3. The van der Waals surface area contributed by atoms with Crippen molar-refractivity contribution in [2.75, 3.05) is 6.54 Å². The number of nitrogens with one attached hydrogen (secondary N) is 2. The number of H-pyrrole nitrogens is 1. The summed E-state index contributed by atoms with van der Waals surface area (Å²) >= 11 is 0. The Balaban J connectivity index is 0.00000225. The number of para-hydroxylation sites is 1. The van der Waals surface area contributed by atoms with Crippen molar-refractivity contribution in [3.8, 4) is 11.3 Å². The third-order valence-corrected chi connectivity index (χ3v) is 4.88. The monoisotopic (exact) mass is 395 g/mol. The van der Waals surface area contributed by atoms with Crippen molar-refractivity contribution in [3.63, 3.8) is 0 Å². The average Bonchev–Trinajstić information content (AvgIpc) is 3.33. The van der Waals surface area contributed by atoms with Crippen molar-refractivity contribution >= 4 is 10.9 Å². The van der Waals surface area contributed by atoms with Crippen molar-refractivity contribution in [1.29, 1.82) is 0 Å². The van der Waals surface area contributed by atoms with E-state index in [1.807, 2.05) is 42.5 Å². The highest BCUT2D eigenvalue weighted by Crippen LogP contribution is 2.24. The zero-order valence-electron chi connectivity index (χ0n) is 15.8. The molecule has 2 heterocycles. The summed E-state index contributed by atoms with van der Waals surface area (Å²) < 4.78 is 5.95. The first-order chi connectivity index (χ1) is 13.2. The SMILES string of the molecule is CC(O)c1ccc(-c2ccc(CNCCc3c[nH]c4ccccc34)o2)cc1.[Cl-]. The van der Waals surface area contributed by atoms with Crippen LogP contribution in [0.4, 0.5) is 0 Å². The number of rotatable bonds is 7. The lowest BCUT2D eigenvalue weighted by Crippen LogP contribution is -3.00. The molecule has 2 aromatic heterocycles. The van der Waals surface area contributed by atoms with Gasteiger partial charge in [-0.2, -0.15) is 0 Å². The van der Waals surface area contributed by atoms with Crippen LogP contribution in [0.25, 0.3) is 22.2 Å². The van der Waals surface area contributed by atoms with Gasteiger partial charge in [-0.1, -0.05) is 42.5 Å². The average molecular weight is 396 g/mol. The molecule has 4 rings (SSSR count). The fourth-order valence-corrected chi connectivity index (χ4v) is 3.33. The molecule has 3 N–H and O–H groups in total. The number of aliphatic hydroxyl groups is 1. The van der Waals surface area contributed by atoms with Crippen LogP contribution in [0.3, 0.4) is 0 Å². The molecule has 0 amide bonds. The lowest BCUT2D eigenvalue weighted by atomic mass is 10.1. The Hall–Kier alpha value is -2.53. The van der Waals surface area contributed by atoms with Gasteiger partial charge in [-0.05, 0) is 49.2 Å². The van der Waals surface area contributed by atoms with Crippen LogP contribution in [0.5, 0.6) is 0 Å². The first-order valence-electron chi connectivity index (χ1n) is 9.33. The fraction of sp³-hybridized carbons (Fsp3) is 0.217. The second-order valence-electron chi connectivity index (χ2n) is 6.85. The standard InChI is InChI=1S/C23H24N2O2.ClH/c1-16(26)17-6-8-18(9-7-17)23-11-10-20(27-23)15-24-13-12-19-14-25-22-5-3-2-4-21(19)22;/h2-11,14,16,24-26H,12-13,15H2,1H3;1H/p-1. The van der Waals surface area contributed by atoms with Gasteiger partial charge in [0.1, 0.15) is 11.5 Å². The van der Waals surface area contributed by atoms with Crippen molar-refractivity contribution in [2.45, 2.75) is 26.0 Å². The summed E-state index contributed by atoms with van der Waals surface area (Å²) in [6.45, 7) is 3.36. The highest BCUT2D eigenvalue weighted by Gasteiger charge is 2.07. The Morgan fingerprint density at radius 1 is 1.04 bits per heavy atom. The molecule has 0 fully saturated rings. The van der Waals surface area contributed by atoms with Gasteiger partial charge in [0.05, 0.1) is 12.6 Å². The van der Waals surface area contributed by atoms with Crippen LogP contribution >= 0.6 is 0 Å². The van der Waals surface area contributed by atoms with Gasteiger partial charge in [0.15, 0.2) is 0 Å². The molecule has 0 aliphatic carbocycles. The van der Waals surface area contributed by atoms with Gasteiger partial charge in [-0.25, -0.2) is 0 Å². The molecule has 2 aromatic carbocycles. The topological polar surface area (TPSA) is 61.2 Å². The van der Waals surface area contributed by atoms with E-state index in [1.54, 1.807) is 6.92 Å². The molecule has 0 aliphatic heterocycles. The number of halogens is 1. The van der Waals surface area contributed by atoms with E-state index in [0.29, 0.717) is 6.54 Å². The highest BCUT2D eigenvalue weighted by molar-refractivity contribution is 5.83. The Morgan fingerprint density at radius 2 is 1.82 bits per heavy atom. The van der Waals surface area contributed by atoms with E-state index in [0.717, 1.165) is 35.6 Å². The summed E-state index contributed by atoms with van der Waals surface area (Å²) in [6.07, 6.45) is 2.61. The Labute approximate surface area is 171 Å². The maximum atomic E-state index is 9.60. The number of fused-ring (bicyclic) bond motifs is 1. The van der Waals surface area contributed by atoms with Crippen molar-refractivity contribution < 1.29 is 21.9 Å². The maximum absolute atomic E-state index is 9.60. The van der Waals surface area contributed by atoms with Gasteiger partial charge in [-0.3, -0.25) is 0 Å². The Morgan fingerprint density at radius 3 is 2.61 bits per heavy atom. The number of aliphatic hydroxyl groups excluding tert-OH is 1. The summed E-state index contributed by atoms with van der Waals surface area (Å²) in [5.74, 6) is 1.77. The van der Waals surface area contributed by atoms with Gasteiger partial charge >= 0.3 is 0 Å². The molecule has 4 aromatic rings. The second kappa shape index (κ2) is 9.11. The molecule has 5 heteroatoms. The van der Waals surface area contributed by atoms with E-state index < -0.39 is 6.10 Å². The first-order valence-corrected chi connectivity index (χ1v) is 9.33. The molecule has 0 aliphatic rings. The first kappa shape index (κ1) is 20.2. The minimum absolute atomic E-state index is 0. The summed E-state index contributed by atoms with van der Waals surface area (Å²) in [4.78, 5) is 3.32. The second-order valence-corrected chi connectivity index (χ2v) is 6.85. The molecule has 146 valence electrons. The van der Waals surface area contributed by atoms with Crippen LogP contribution in [0.1, 0.15) is 29.9 Å². The Kier molecular flexibility index (Phi) is 6.57. The fourth-order valence-electron chi connectivity index (χ4n) is 3.33. The van der Waals surface area contributed by atoms with E-state index in [9.17, 15) is 5.11 Å². The lowest BCUT2D eigenvalue weighted by Gasteiger charge is -2.05. The third-order valence-electron chi connectivity index (χ3n) is 4.88. The summed E-state index contributed by atoms with van der Waals surface area (Å²) in [7, 11) is 0. The number of benzene rings is 2. The molecule has 0 bridgehead atoms. The molecule has 1 atom stereocenters. The van der Waals surface area contributed by atoms with Crippen molar-refractivity contribution in [1.82, 2.24) is 10.3 Å². The minimum Gasteiger partial charge on any atom is -1.00 e. The van der Waals surface area contributed by atoms with Crippen LogP contribution in [-0.4, -0.2) is 16.6 Å². The molecule has 0 saturated carbocycles. The van der Waals surface area contributed by atoms with Crippen LogP contribution in [0, 0.1) is 0 Å². The highest BCUT2D eigenvalue weighted by atomic mass is 35.5. The zero-order valence-corrected chi connectivity index (χ0v) is 16.5. The largest absolute Gasteiger partial charge is 1.00 e. The molecular formula is C23H24ClN2O2-. The summed E-state index contributed by atoms with van der Waals surface area (Å²) in [6, 6.07) is 20.2. The third kappa shape index (κ3) is 4.47. The lowest BCUT2D eigenvalue weighted by molar-refractivity contribution is -0.00000792. The van der Waals surface area contributed by atoms with Gasteiger partial charge in [0.2, 0.25) is 0 Å². The molecule has 28 heavy (non-hydrogen) atoms. The van der Waals surface area contributed by atoms with Gasteiger partial charge in [0, 0.05) is 22.7 Å². The van der Waals surface area contributed by atoms with Gasteiger partial charge < -0.3 is 32.2 Å². The predicted octanol–water partition coefficient (Wildman–Crippen LogP) is 1.82. The smallest absolute Gasteiger partial charge is 0.134 e. The minimum atomic E-state index is -0.451. The predicted molar refractivity (Wildman–Crippen MR) is 108 cm³/mol. The van der Waals surface area contributed by atoms with Crippen LogP contribution in [0.2, 0.25) is 0 Å². The Bertz CT molecular complexity index is 1020. The zero-order chi connectivity index (χ0) is 18.6. The molecule has 1 unspecified atom stereocenters. The van der Waals surface area contributed by atoms with E-state index >= 15 is 0 Å². The summed E-state index contributed by atoms with van der Waals surface area (Å²) in [5, 5.41) is 14.3. The number of aromatic nitrogens is 1. The molecule has 0 radical (unpaired) electrons. The van der Waals surface area contributed by atoms with E-state index in [-0.39, 0.29) is 12.4 Å². The molecule has 0 saturated heterocycles. The summed E-state index contributed by atoms with van der Waals surface area (Å²) in [5.41, 5.74) is 4.44. The number of aromatic amines is 1. The molecule has 4 nitrogen and oxygen atoms in total. The van der Waals surface area contributed by atoms with E-state index in [1.165, 1.54) is 16.5 Å². The number of furan rings is 1. The quantitative estimate of drug-likeness (QED) is 0.418. The van der Waals surface area contributed by atoms with Crippen LogP contribution < -0.4 is 17.7 Å².